The van der Waals surface area contributed by atoms with Crippen LogP contribution in [-0.2, 0) is 9.59 Å². The van der Waals surface area contributed by atoms with E-state index in [2.05, 4.69) is 11.4 Å². The topological polar surface area (TPSA) is 49.4 Å². The number of nitrogens with one attached hydrogen (secondary N) is 1. The second kappa shape index (κ2) is 9.20. The predicted octanol–water partition coefficient (Wildman–Crippen LogP) is 5.07. The summed E-state index contributed by atoms with van der Waals surface area (Å²) in [6, 6.07) is 25.7. The predicted molar refractivity (Wildman–Crippen MR) is 118 cm³/mol. The monoisotopic (exact) mass is 386 g/mol. The number of rotatable bonds is 7. The van der Waals surface area contributed by atoms with E-state index in [9.17, 15) is 9.59 Å². The molecule has 0 unspecified atom stereocenters. The van der Waals surface area contributed by atoms with E-state index in [1.807, 2.05) is 86.6 Å². The first kappa shape index (κ1) is 20.3. The largest absolute Gasteiger partial charge is 0.336 e. The highest BCUT2D eigenvalue weighted by Gasteiger charge is 2.26. The number of carbonyl (C=O) groups is 2. The molecular weight excluding hydrogens is 360 g/mol. The van der Waals surface area contributed by atoms with Crippen LogP contribution in [0.15, 0.2) is 78.9 Å². The van der Waals surface area contributed by atoms with Gasteiger partial charge in [0.1, 0.15) is 6.04 Å². The lowest BCUT2D eigenvalue weighted by molar-refractivity contribution is -0.130. The van der Waals surface area contributed by atoms with Gasteiger partial charge in [-0.2, -0.15) is 0 Å². The Labute approximate surface area is 172 Å². The lowest BCUT2D eigenvalue weighted by Gasteiger charge is -2.27. The normalized spacial score (nSPS) is 11.7. The zero-order chi connectivity index (χ0) is 20.8. The van der Waals surface area contributed by atoms with Crippen LogP contribution in [0.5, 0.6) is 0 Å². The molecule has 0 aliphatic carbocycles. The maximum atomic E-state index is 12.9. The highest BCUT2D eigenvalue weighted by atomic mass is 16.2. The van der Waals surface area contributed by atoms with Crippen molar-refractivity contribution in [2.75, 3.05) is 12.4 Å². The Bertz CT molecular complexity index is 911. The Morgan fingerprint density at radius 1 is 0.828 bits per heavy atom. The minimum absolute atomic E-state index is 0.00361. The molecule has 148 valence electrons. The summed E-state index contributed by atoms with van der Waals surface area (Å²) in [6.07, 6.45) is 0.694. The van der Waals surface area contributed by atoms with Gasteiger partial charge in [0, 0.05) is 12.7 Å². The number of carbonyl (C=O) groups excluding carboxylic acids is 2. The molecule has 0 aliphatic heterocycles. The molecule has 2 amide bonds. The highest BCUT2D eigenvalue weighted by Crippen LogP contribution is 2.30. The first-order valence-corrected chi connectivity index (χ1v) is 9.73. The fraction of sp³-hybridized carbons (Fsp3) is 0.200. The molecule has 0 aliphatic rings. The average Bonchev–Trinajstić information content (AvgIpc) is 2.74. The Kier molecular flexibility index (Phi) is 6.45. The summed E-state index contributed by atoms with van der Waals surface area (Å²) in [5, 5.41) is 3.02. The van der Waals surface area contributed by atoms with Crippen LogP contribution in [-0.4, -0.2) is 30.3 Å². The molecular formula is C25H26N2O2. The van der Waals surface area contributed by atoms with Gasteiger partial charge in [0.2, 0.25) is 12.3 Å². The molecule has 0 fully saturated rings. The van der Waals surface area contributed by atoms with Crippen molar-refractivity contribution < 1.29 is 9.59 Å². The third-order valence-corrected chi connectivity index (χ3v) is 4.92. The van der Waals surface area contributed by atoms with Crippen molar-refractivity contribution in [3.05, 3.63) is 78.9 Å². The van der Waals surface area contributed by atoms with Crippen LogP contribution in [0.25, 0.3) is 22.3 Å². The lowest BCUT2D eigenvalue weighted by atomic mass is 9.97. The summed E-state index contributed by atoms with van der Waals surface area (Å²) >= 11 is 0. The molecule has 3 rings (SSSR count). The van der Waals surface area contributed by atoms with Crippen molar-refractivity contribution in [1.82, 2.24) is 4.90 Å². The molecule has 3 aromatic rings. The molecule has 3 aromatic carbocycles. The summed E-state index contributed by atoms with van der Waals surface area (Å²) in [5.41, 5.74) is 4.90. The Hall–Kier alpha value is -3.40. The maximum absolute atomic E-state index is 12.9. The van der Waals surface area contributed by atoms with Crippen LogP contribution < -0.4 is 5.32 Å². The Balaban J connectivity index is 2.01. The zero-order valence-corrected chi connectivity index (χ0v) is 17.0. The maximum Gasteiger partial charge on any atom is 0.247 e. The molecule has 0 saturated heterocycles. The average molecular weight is 386 g/mol. The van der Waals surface area contributed by atoms with Crippen LogP contribution in [0.3, 0.4) is 0 Å². The molecule has 1 N–H and O–H groups in total. The fourth-order valence-electron chi connectivity index (χ4n) is 3.53. The summed E-state index contributed by atoms with van der Waals surface area (Å²) in [7, 11) is 1.63. The summed E-state index contributed by atoms with van der Waals surface area (Å²) in [4.78, 5) is 25.6. The summed E-state index contributed by atoms with van der Waals surface area (Å²) in [5.74, 6) is -0.199. The van der Waals surface area contributed by atoms with E-state index in [-0.39, 0.29) is 11.8 Å². The Morgan fingerprint density at radius 3 is 1.72 bits per heavy atom. The van der Waals surface area contributed by atoms with E-state index >= 15 is 0 Å². The van der Waals surface area contributed by atoms with Gasteiger partial charge in [0.15, 0.2) is 0 Å². The van der Waals surface area contributed by atoms with Crippen molar-refractivity contribution >= 4 is 18.0 Å². The number of anilines is 1. The molecule has 0 heterocycles. The van der Waals surface area contributed by atoms with Gasteiger partial charge < -0.3 is 10.2 Å². The van der Waals surface area contributed by atoms with Gasteiger partial charge in [-0.15, -0.1) is 0 Å². The molecule has 0 bridgehead atoms. The lowest BCUT2D eigenvalue weighted by Crippen LogP contribution is -2.44. The van der Waals surface area contributed by atoms with Crippen molar-refractivity contribution in [3.63, 3.8) is 0 Å². The van der Waals surface area contributed by atoms with Crippen LogP contribution in [0, 0.1) is 5.92 Å². The van der Waals surface area contributed by atoms with E-state index in [0.29, 0.717) is 12.1 Å². The van der Waals surface area contributed by atoms with Crippen molar-refractivity contribution in [2.45, 2.75) is 19.9 Å². The molecule has 0 radical (unpaired) electrons. The van der Waals surface area contributed by atoms with Gasteiger partial charge in [0.25, 0.3) is 0 Å². The van der Waals surface area contributed by atoms with Gasteiger partial charge in [-0.3, -0.25) is 9.59 Å². The first-order valence-electron chi connectivity index (χ1n) is 9.73. The van der Waals surface area contributed by atoms with Crippen LogP contribution >= 0.6 is 0 Å². The molecule has 0 saturated carbocycles. The van der Waals surface area contributed by atoms with Crippen LogP contribution in [0.2, 0.25) is 0 Å². The van der Waals surface area contributed by atoms with E-state index in [0.717, 1.165) is 22.3 Å². The quantitative estimate of drug-likeness (QED) is 0.576. The van der Waals surface area contributed by atoms with Gasteiger partial charge in [-0.05, 0) is 46.4 Å². The number of benzene rings is 3. The fourth-order valence-corrected chi connectivity index (χ4v) is 3.53. The van der Waals surface area contributed by atoms with E-state index in [1.165, 1.54) is 4.90 Å². The minimum atomic E-state index is -0.534. The van der Waals surface area contributed by atoms with Crippen LogP contribution in [0.4, 0.5) is 5.69 Å². The van der Waals surface area contributed by atoms with E-state index in [4.69, 9.17) is 0 Å². The first-order chi connectivity index (χ1) is 14.0. The molecule has 0 spiro atoms. The van der Waals surface area contributed by atoms with Gasteiger partial charge >= 0.3 is 0 Å². The molecule has 4 heteroatoms. The zero-order valence-electron chi connectivity index (χ0n) is 17.0. The standard InChI is InChI=1S/C25H26N2O2/c1-18(2)24(27(3)17-28)25(29)26-23-15-21(19-10-6-4-7-11-19)14-22(16-23)20-12-8-5-9-13-20/h4-18,24H,1-3H3,(H,26,29)/t24-/m0/s1. The van der Waals surface area contributed by atoms with Crippen molar-refractivity contribution in [2.24, 2.45) is 5.92 Å². The SMILES string of the molecule is CC(C)[C@@H](C(=O)Nc1cc(-c2ccccc2)cc(-c2ccccc2)c1)N(C)C=O. The van der Waals surface area contributed by atoms with E-state index < -0.39 is 6.04 Å². The second-order valence-electron chi connectivity index (χ2n) is 7.48. The Morgan fingerprint density at radius 2 is 1.31 bits per heavy atom. The number of hydrogen-bond acceptors (Lipinski definition) is 2. The van der Waals surface area contributed by atoms with Crippen molar-refractivity contribution in [1.29, 1.82) is 0 Å². The smallest absolute Gasteiger partial charge is 0.247 e. The van der Waals surface area contributed by atoms with Gasteiger partial charge in [-0.1, -0.05) is 74.5 Å². The van der Waals surface area contributed by atoms with E-state index in [1.54, 1.807) is 7.05 Å². The molecule has 0 aromatic heterocycles. The number of hydrogen-bond donors (Lipinski definition) is 1. The van der Waals surface area contributed by atoms with Crippen LogP contribution in [0.1, 0.15) is 13.8 Å². The molecule has 1 atom stereocenters. The molecule has 4 nitrogen and oxygen atoms in total. The highest BCUT2D eigenvalue weighted by molar-refractivity contribution is 5.97. The molecule has 29 heavy (non-hydrogen) atoms. The second-order valence-corrected chi connectivity index (χ2v) is 7.48. The minimum Gasteiger partial charge on any atom is -0.336 e. The van der Waals surface area contributed by atoms with Gasteiger partial charge in [0.05, 0.1) is 0 Å². The number of nitrogens with zero attached hydrogens (tertiary/aromatic N) is 1. The third kappa shape index (κ3) is 4.91. The van der Waals surface area contributed by atoms with Crippen molar-refractivity contribution in [3.8, 4) is 22.3 Å². The van der Waals surface area contributed by atoms with Gasteiger partial charge in [-0.25, -0.2) is 0 Å². The summed E-state index contributed by atoms with van der Waals surface area (Å²) in [6.45, 7) is 3.86. The summed E-state index contributed by atoms with van der Waals surface area (Å²) < 4.78 is 0. The number of amides is 2. The third-order valence-electron chi connectivity index (χ3n) is 4.92. The number of likely N-dealkylation sites (N-methyl/N-ethyl adjacent to an activating group) is 1.